The quantitative estimate of drug-likeness (QED) is 0.328. The number of benzene rings is 2. The molecule has 2 aromatic carbocycles. The van der Waals surface area contributed by atoms with Crippen LogP contribution < -0.4 is 0 Å². The van der Waals surface area contributed by atoms with Gasteiger partial charge in [0.05, 0.1) is 5.57 Å². The lowest BCUT2D eigenvalue weighted by Gasteiger charge is -2.23. The van der Waals surface area contributed by atoms with Crippen molar-refractivity contribution in [3.63, 3.8) is 0 Å². The van der Waals surface area contributed by atoms with Crippen molar-refractivity contribution in [3.8, 4) is 23.0 Å². The molecule has 0 atom stereocenters. The maximum Gasteiger partial charge on any atom is 0.336 e. The Kier molecular flexibility index (Phi) is 6.78. The predicted octanol–water partition coefficient (Wildman–Crippen LogP) is 5.27. The Morgan fingerprint density at radius 3 is 2.35 bits per heavy atom. The summed E-state index contributed by atoms with van der Waals surface area (Å²) < 4.78 is 0. The highest BCUT2D eigenvalue weighted by molar-refractivity contribution is 6.25. The van der Waals surface area contributed by atoms with Crippen molar-refractivity contribution in [2.75, 3.05) is 0 Å². The van der Waals surface area contributed by atoms with E-state index in [4.69, 9.17) is 0 Å². The number of hydrogen-bond acceptors (Lipinski definition) is 5. The molecule has 0 saturated heterocycles. The summed E-state index contributed by atoms with van der Waals surface area (Å²) in [6.07, 6.45) is 5.86. The van der Waals surface area contributed by atoms with E-state index in [-0.39, 0.29) is 28.4 Å². The molecule has 2 aromatic rings. The number of aromatic hydroxyl groups is 4. The monoisotopic (exact) mass is 426 g/mol. The van der Waals surface area contributed by atoms with Crippen LogP contribution in [0.2, 0.25) is 0 Å². The largest absolute Gasteiger partial charge is 0.504 e. The number of unbranched alkanes of at least 4 members (excludes halogenated alkanes) is 1. The molecule has 5 N–H and O–H groups in total. The maximum atomic E-state index is 12.5. The molecule has 1 aliphatic rings. The third-order valence-corrected chi connectivity index (χ3v) is 6.15. The maximum absolute atomic E-state index is 12.5. The Balaban J connectivity index is 2.37. The van der Waals surface area contributed by atoms with Crippen LogP contribution in [0.3, 0.4) is 0 Å². The van der Waals surface area contributed by atoms with E-state index in [9.17, 15) is 30.3 Å². The zero-order valence-corrected chi connectivity index (χ0v) is 18.0. The molecular formula is C25H30O6. The normalized spacial score (nSPS) is 15.7. The number of carboxylic acids is 1. The van der Waals surface area contributed by atoms with Gasteiger partial charge in [-0.2, -0.15) is 0 Å². The van der Waals surface area contributed by atoms with Crippen LogP contribution in [0.25, 0.3) is 11.1 Å². The molecule has 0 amide bonds. The van der Waals surface area contributed by atoms with Gasteiger partial charge in [-0.25, -0.2) is 4.79 Å². The number of carbonyl (C=O) groups is 1. The molecule has 0 aliphatic heterocycles. The first-order valence-corrected chi connectivity index (χ1v) is 10.8. The number of carboxylic acid groups (broad SMARTS) is 1. The topological polar surface area (TPSA) is 118 Å². The number of hydrogen-bond donors (Lipinski definition) is 5. The van der Waals surface area contributed by atoms with Crippen molar-refractivity contribution in [3.05, 3.63) is 46.0 Å². The van der Waals surface area contributed by atoms with Gasteiger partial charge in [-0.05, 0) is 79.8 Å². The molecule has 6 nitrogen and oxygen atoms in total. The van der Waals surface area contributed by atoms with Gasteiger partial charge in [-0.15, -0.1) is 0 Å². The van der Waals surface area contributed by atoms with E-state index in [1.807, 2.05) is 0 Å². The zero-order valence-electron chi connectivity index (χ0n) is 18.0. The molecule has 0 spiro atoms. The van der Waals surface area contributed by atoms with Gasteiger partial charge in [-0.1, -0.05) is 25.8 Å². The number of phenols is 4. The van der Waals surface area contributed by atoms with Crippen molar-refractivity contribution in [2.24, 2.45) is 0 Å². The predicted molar refractivity (Wildman–Crippen MR) is 120 cm³/mol. The molecule has 166 valence electrons. The number of fused-ring (bicyclic) bond motifs is 1. The highest BCUT2D eigenvalue weighted by Gasteiger charge is 2.28. The second kappa shape index (κ2) is 9.33. The highest BCUT2D eigenvalue weighted by Crippen LogP contribution is 2.45. The van der Waals surface area contributed by atoms with Crippen LogP contribution in [0.15, 0.2) is 18.2 Å². The summed E-state index contributed by atoms with van der Waals surface area (Å²) in [5, 5.41) is 51.8. The van der Waals surface area contributed by atoms with Crippen molar-refractivity contribution in [1.82, 2.24) is 0 Å². The Labute approximate surface area is 182 Å². The summed E-state index contributed by atoms with van der Waals surface area (Å²) in [6.45, 7) is 3.82. The lowest BCUT2D eigenvalue weighted by Crippen LogP contribution is -2.10. The molecule has 0 unspecified atom stereocenters. The molecule has 31 heavy (non-hydrogen) atoms. The minimum absolute atomic E-state index is 0.0723. The first kappa shape index (κ1) is 22.5. The van der Waals surface area contributed by atoms with Crippen LogP contribution >= 0.6 is 0 Å². The van der Waals surface area contributed by atoms with E-state index >= 15 is 0 Å². The minimum Gasteiger partial charge on any atom is -0.504 e. The summed E-state index contributed by atoms with van der Waals surface area (Å²) in [4.78, 5) is 12.5. The molecule has 0 fully saturated rings. The van der Waals surface area contributed by atoms with E-state index in [1.165, 1.54) is 12.1 Å². The summed E-state index contributed by atoms with van der Waals surface area (Å²) in [5.41, 5.74) is 3.03. The molecular weight excluding hydrogens is 396 g/mol. The summed E-state index contributed by atoms with van der Waals surface area (Å²) in [7, 11) is 0. The molecule has 0 bridgehead atoms. The fraction of sp³-hybridized carbons (Fsp3) is 0.400. The van der Waals surface area contributed by atoms with Gasteiger partial charge in [-0.3, -0.25) is 0 Å². The Bertz CT molecular complexity index is 1040. The molecule has 0 aromatic heterocycles. The van der Waals surface area contributed by atoms with E-state index < -0.39 is 11.7 Å². The molecule has 1 aliphatic carbocycles. The van der Waals surface area contributed by atoms with Gasteiger partial charge in [0.1, 0.15) is 0 Å². The average molecular weight is 427 g/mol. The number of allylic oxidation sites excluding steroid dienone is 1. The number of rotatable bonds is 5. The first-order valence-electron chi connectivity index (χ1n) is 10.8. The second-order valence-electron chi connectivity index (χ2n) is 8.19. The van der Waals surface area contributed by atoms with Crippen LogP contribution in [0.4, 0.5) is 0 Å². The van der Waals surface area contributed by atoms with Gasteiger partial charge in [0.25, 0.3) is 0 Å². The van der Waals surface area contributed by atoms with Gasteiger partial charge < -0.3 is 25.5 Å². The second-order valence-corrected chi connectivity index (χ2v) is 8.19. The highest BCUT2D eigenvalue weighted by atomic mass is 16.4. The van der Waals surface area contributed by atoms with Gasteiger partial charge in [0, 0.05) is 11.1 Å². The first-order chi connectivity index (χ1) is 14.8. The van der Waals surface area contributed by atoms with Crippen molar-refractivity contribution in [2.45, 2.75) is 65.2 Å². The fourth-order valence-corrected chi connectivity index (χ4v) is 4.46. The Morgan fingerprint density at radius 2 is 1.68 bits per heavy atom. The molecule has 6 heteroatoms. The molecule has 0 radical (unpaired) electrons. The SMILES string of the molecule is CCCCc1cc(O)c(O)c(/C(C(=O)O)=C2/CCCCCc3c2ccc(O)c3O)c1C. The zero-order chi connectivity index (χ0) is 22.7. The lowest BCUT2D eigenvalue weighted by molar-refractivity contribution is -0.130. The van der Waals surface area contributed by atoms with Crippen LogP contribution in [0, 0.1) is 6.92 Å². The Hall–Kier alpha value is -3.15. The number of aryl methyl sites for hydroxylation is 1. The third kappa shape index (κ3) is 4.33. The van der Waals surface area contributed by atoms with E-state index in [1.54, 1.807) is 13.0 Å². The van der Waals surface area contributed by atoms with Gasteiger partial charge in [0.15, 0.2) is 23.0 Å². The van der Waals surface area contributed by atoms with Crippen molar-refractivity contribution < 1.29 is 30.3 Å². The third-order valence-electron chi connectivity index (χ3n) is 6.15. The minimum atomic E-state index is -1.21. The van der Waals surface area contributed by atoms with Crippen molar-refractivity contribution >= 4 is 17.1 Å². The molecule has 0 heterocycles. The fourth-order valence-electron chi connectivity index (χ4n) is 4.46. The Morgan fingerprint density at radius 1 is 0.968 bits per heavy atom. The van der Waals surface area contributed by atoms with E-state index in [0.717, 1.165) is 37.7 Å². The van der Waals surface area contributed by atoms with Crippen LogP contribution in [0.5, 0.6) is 23.0 Å². The summed E-state index contributed by atoms with van der Waals surface area (Å²) >= 11 is 0. The van der Waals surface area contributed by atoms with Crippen LogP contribution in [-0.4, -0.2) is 31.5 Å². The van der Waals surface area contributed by atoms with Crippen LogP contribution in [0.1, 0.15) is 73.3 Å². The van der Waals surface area contributed by atoms with Crippen LogP contribution in [-0.2, 0) is 17.6 Å². The standard InChI is InChI=1S/C25H30O6/c1-3-4-8-15-13-20(27)24(29)21(14(15)2)22(25(30)31)17-9-6-5-7-10-18-16(17)11-12-19(26)23(18)28/h11-13,26-29H,3-10H2,1-2H3,(H,30,31)/b22-17+. The summed E-state index contributed by atoms with van der Waals surface area (Å²) in [5.74, 6) is -2.48. The van der Waals surface area contributed by atoms with E-state index in [2.05, 4.69) is 6.92 Å². The summed E-state index contributed by atoms with van der Waals surface area (Å²) in [6, 6.07) is 4.49. The lowest BCUT2D eigenvalue weighted by atomic mass is 9.82. The van der Waals surface area contributed by atoms with E-state index in [0.29, 0.717) is 41.5 Å². The number of aliphatic carboxylic acids is 1. The average Bonchev–Trinajstić information content (AvgIpc) is 2.71. The van der Waals surface area contributed by atoms with Crippen molar-refractivity contribution in [1.29, 1.82) is 0 Å². The number of phenolic OH excluding ortho intramolecular Hbond substituents is 4. The smallest absolute Gasteiger partial charge is 0.336 e. The molecule has 3 rings (SSSR count). The van der Waals surface area contributed by atoms with Gasteiger partial charge in [0.2, 0.25) is 0 Å². The van der Waals surface area contributed by atoms with Gasteiger partial charge >= 0.3 is 5.97 Å². The molecule has 0 saturated carbocycles.